The first-order valence-electron chi connectivity index (χ1n) is 9.83. The number of nitrogens with one attached hydrogen (secondary N) is 1. The van der Waals surface area contributed by atoms with Crippen molar-refractivity contribution >= 4 is 23.4 Å². The molecular formula is C24H19ClFN3O3. The molecule has 0 aliphatic rings. The molecule has 32 heavy (non-hydrogen) atoms. The highest BCUT2D eigenvalue weighted by molar-refractivity contribution is 6.31. The fourth-order valence-electron chi connectivity index (χ4n) is 3.23. The summed E-state index contributed by atoms with van der Waals surface area (Å²) in [4.78, 5) is 16.2. The van der Waals surface area contributed by atoms with Crippen molar-refractivity contribution in [3.8, 4) is 22.5 Å². The molecule has 1 unspecified atom stereocenters. The second-order valence-electron chi connectivity index (χ2n) is 7.11. The topological polar surface area (TPSA) is 77.3 Å². The molecule has 1 amide bonds. The smallest absolute Gasteiger partial charge is 0.412 e. The van der Waals surface area contributed by atoms with Gasteiger partial charge in [-0.3, -0.25) is 5.32 Å². The van der Waals surface area contributed by atoms with Gasteiger partial charge < -0.3 is 9.26 Å². The minimum absolute atomic E-state index is 0.397. The highest BCUT2D eigenvalue weighted by Crippen LogP contribution is 2.33. The first-order valence-corrected chi connectivity index (χ1v) is 10.2. The van der Waals surface area contributed by atoms with Crippen LogP contribution in [0.1, 0.15) is 24.3 Å². The molecule has 2 aromatic carbocycles. The van der Waals surface area contributed by atoms with E-state index in [2.05, 4.69) is 15.5 Å². The van der Waals surface area contributed by atoms with Gasteiger partial charge in [0.1, 0.15) is 17.5 Å². The minimum Gasteiger partial charge on any atom is -0.441 e. The molecule has 8 heteroatoms. The van der Waals surface area contributed by atoms with E-state index in [4.69, 9.17) is 20.9 Å². The number of aryl methyl sites for hydroxylation is 1. The Morgan fingerprint density at radius 2 is 1.75 bits per heavy atom. The van der Waals surface area contributed by atoms with Gasteiger partial charge in [-0.05, 0) is 37.6 Å². The molecule has 0 fully saturated rings. The number of benzene rings is 2. The van der Waals surface area contributed by atoms with Crippen LogP contribution in [0.15, 0.2) is 71.4 Å². The lowest BCUT2D eigenvalue weighted by molar-refractivity contribution is 0.121. The van der Waals surface area contributed by atoms with Crippen molar-refractivity contribution in [1.82, 2.24) is 10.1 Å². The monoisotopic (exact) mass is 451 g/mol. The van der Waals surface area contributed by atoms with E-state index in [9.17, 15) is 9.18 Å². The number of carbonyl (C=O) groups is 1. The van der Waals surface area contributed by atoms with E-state index < -0.39 is 18.1 Å². The molecule has 2 heterocycles. The maximum absolute atomic E-state index is 13.1. The van der Waals surface area contributed by atoms with Gasteiger partial charge in [-0.2, -0.15) is 4.39 Å². The third kappa shape index (κ3) is 4.63. The summed E-state index contributed by atoms with van der Waals surface area (Å²) in [5.41, 5.74) is 3.98. The lowest BCUT2D eigenvalue weighted by atomic mass is 10.0. The van der Waals surface area contributed by atoms with Crippen molar-refractivity contribution in [3.63, 3.8) is 0 Å². The molecule has 1 atom stereocenters. The molecule has 0 saturated heterocycles. The third-order valence-corrected chi connectivity index (χ3v) is 5.27. The van der Waals surface area contributed by atoms with Crippen LogP contribution in [-0.2, 0) is 4.74 Å². The van der Waals surface area contributed by atoms with Crippen molar-refractivity contribution in [2.45, 2.75) is 20.0 Å². The number of rotatable bonds is 5. The molecule has 4 rings (SSSR count). The zero-order chi connectivity index (χ0) is 22.7. The number of halogens is 2. The molecule has 6 nitrogen and oxygen atoms in total. The quantitative estimate of drug-likeness (QED) is 0.337. The highest BCUT2D eigenvalue weighted by Gasteiger charge is 2.20. The summed E-state index contributed by atoms with van der Waals surface area (Å²) < 4.78 is 24.0. The van der Waals surface area contributed by atoms with Gasteiger partial charge in [-0.15, -0.1) is 0 Å². The van der Waals surface area contributed by atoms with Crippen LogP contribution in [0, 0.1) is 12.9 Å². The van der Waals surface area contributed by atoms with Crippen molar-refractivity contribution in [2.24, 2.45) is 0 Å². The SMILES string of the molecule is Cc1noc(-c2ccc(-c3ccc(F)nc3)cc2)c1NC(=O)OC(C)c1ccccc1Cl. The predicted octanol–water partition coefficient (Wildman–Crippen LogP) is 6.81. The van der Waals surface area contributed by atoms with Crippen molar-refractivity contribution in [3.05, 3.63) is 89.1 Å². The number of ether oxygens (including phenoxy) is 1. The summed E-state index contributed by atoms with van der Waals surface area (Å²) in [5.74, 6) is -0.136. The molecule has 0 saturated carbocycles. The number of nitrogens with zero attached hydrogens (tertiary/aromatic N) is 2. The van der Waals surface area contributed by atoms with Gasteiger partial charge in [0.15, 0.2) is 5.76 Å². The largest absolute Gasteiger partial charge is 0.441 e. The van der Waals surface area contributed by atoms with Gasteiger partial charge in [0.2, 0.25) is 5.95 Å². The van der Waals surface area contributed by atoms with Crippen molar-refractivity contribution < 1.29 is 18.4 Å². The average Bonchev–Trinajstić information content (AvgIpc) is 3.14. The van der Waals surface area contributed by atoms with Crippen LogP contribution in [0.5, 0.6) is 0 Å². The molecule has 0 aliphatic carbocycles. The number of hydrogen-bond donors (Lipinski definition) is 1. The maximum Gasteiger partial charge on any atom is 0.412 e. The Kier molecular flexibility index (Phi) is 6.18. The second kappa shape index (κ2) is 9.20. The summed E-state index contributed by atoms with van der Waals surface area (Å²) in [6, 6.07) is 17.5. The molecular weight excluding hydrogens is 433 g/mol. The Hall–Kier alpha value is -3.71. The number of pyridine rings is 1. The van der Waals surface area contributed by atoms with Crippen LogP contribution >= 0.6 is 11.6 Å². The summed E-state index contributed by atoms with van der Waals surface area (Å²) in [5, 5.41) is 7.21. The van der Waals surface area contributed by atoms with Crippen LogP contribution < -0.4 is 5.32 Å². The van der Waals surface area contributed by atoms with Gasteiger partial charge in [0, 0.05) is 27.9 Å². The van der Waals surface area contributed by atoms with Crippen molar-refractivity contribution in [2.75, 3.05) is 5.32 Å². The zero-order valence-electron chi connectivity index (χ0n) is 17.3. The Bertz CT molecular complexity index is 1240. The third-order valence-electron chi connectivity index (χ3n) is 4.92. The Labute approximate surface area is 189 Å². The number of aromatic nitrogens is 2. The summed E-state index contributed by atoms with van der Waals surface area (Å²) in [6.45, 7) is 3.46. The molecule has 1 N–H and O–H groups in total. The van der Waals surface area contributed by atoms with Crippen LogP contribution in [0.2, 0.25) is 5.02 Å². The van der Waals surface area contributed by atoms with Crippen LogP contribution in [0.4, 0.5) is 14.9 Å². The first-order chi connectivity index (χ1) is 15.4. The van der Waals surface area contributed by atoms with Crippen LogP contribution in [0.25, 0.3) is 22.5 Å². The molecule has 2 aromatic heterocycles. The van der Waals surface area contributed by atoms with Crippen LogP contribution in [0.3, 0.4) is 0 Å². The number of anilines is 1. The lowest BCUT2D eigenvalue weighted by Gasteiger charge is -2.15. The Morgan fingerprint density at radius 1 is 1.06 bits per heavy atom. The second-order valence-corrected chi connectivity index (χ2v) is 7.52. The summed E-state index contributed by atoms with van der Waals surface area (Å²) in [7, 11) is 0. The first kappa shape index (κ1) is 21.5. The molecule has 0 aliphatic heterocycles. The minimum atomic E-state index is -0.654. The van der Waals surface area contributed by atoms with E-state index in [0.29, 0.717) is 33.3 Å². The number of carbonyl (C=O) groups excluding carboxylic acids is 1. The van der Waals surface area contributed by atoms with Gasteiger partial charge in [0.05, 0.1) is 0 Å². The summed E-state index contributed by atoms with van der Waals surface area (Å²) in [6.07, 6.45) is 0.265. The molecule has 0 bridgehead atoms. The van der Waals surface area contributed by atoms with Crippen molar-refractivity contribution in [1.29, 1.82) is 0 Å². The van der Waals surface area contributed by atoms with E-state index in [0.717, 1.165) is 11.1 Å². The van der Waals surface area contributed by atoms with E-state index in [1.165, 1.54) is 12.3 Å². The van der Waals surface area contributed by atoms with Crippen LogP contribution in [-0.4, -0.2) is 16.2 Å². The molecule has 4 aromatic rings. The maximum atomic E-state index is 13.1. The fourth-order valence-corrected chi connectivity index (χ4v) is 3.52. The van der Waals surface area contributed by atoms with E-state index in [-0.39, 0.29) is 0 Å². The fraction of sp³-hybridized carbons (Fsp3) is 0.125. The predicted molar refractivity (Wildman–Crippen MR) is 120 cm³/mol. The lowest BCUT2D eigenvalue weighted by Crippen LogP contribution is -2.17. The molecule has 162 valence electrons. The highest BCUT2D eigenvalue weighted by atomic mass is 35.5. The number of hydrogen-bond acceptors (Lipinski definition) is 5. The van der Waals surface area contributed by atoms with Gasteiger partial charge in [-0.25, -0.2) is 9.78 Å². The average molecular weight is 452 g/mol. The summed E-state index contributed by atoms with van der Waals surface area (Å²) >= 11 is 6.18. The van der Waals surface area contributed by atoms with Gasteiger partial charge in [0.25, 0.3) is 0 Å². The zero-order valence-corrected chi connectivity index (χ0v) is 18.1. The van der Waals surface area contributed by atoms with Gasteiger partial charge in [-0.1, -0.05) is 59.2 Å². The Balaban J connectivity index is 1.51. The molecule has 0 radical (unpaired) electrons. The van der Waals surface area contributed by atoms with E-state index in [1.54, 1.807) is 32.0 Å². The van der Waals surface area contributed by atoms with Gasteiger partial charge >= 0.3 is 6.09 Å². The molecule has 0 spiro atoms. The Morgan fingerprint density at radius 3 is 2.44 bits per heavy atom. The number of amides is 1. The normalized spacial score (nSPS) is 11.8. The van der Waals surface area contributed by atoms with E-state index >= 15 is 0 Å². The standard InChI is InChI=1S/C24H19ClFN3O3/c1-14-22(28-24(30)31-15(2)19-5-3-4-6-20(19)25)23(32-29-14)17-9-7-16(8-10-17)18-11-12-21(26)27-13-18/h3-13,15H,1-2H3,(H,28,30). The van der Waals surface area contributed by atoms with E-state index in [1.807, 2.05) is 36.4 Å².